The van der Waals surface area contributed by atoms with Crippen LogP contribution in [0.5, 0.6) is 0 Å². The van der Waals surface area contributed by atoms with Gasteiger partial charge in [0.15, 0.2) is 0 Å². The minimum Gasteiger partial charge on any atom is -0.461 e. The van der Waals surface area contributed by atoms with Gasteiger partial charge in [-0.15, -0.1) is 0 Å². The minimum atomic E-state index is -0.243. The van der Waals surface area contributed by atoms with Crippen LogP contribution in [0.25, 0.3) is 0 Å². The van der Waals surface area contributed by atoms with Crippen LogP contribution in [0.2, 0.25) is 0 Å². The lowest BCUT2D eigenvalue weighted by Crippen LogP contribution is -2.17. The van der Waals surface area contributed by atoms with Crippen molar-refractivity contribution in [2.45, 2.75) is 84.3 Å². The Labute approximate surface area is 153 Å². The zero-order valence-electron chi connectivity index (χ0n) is 16.4. The fourth-order valence-electron chi connectivity index (χ4n) is 3.62. The van der Waals surface area contributed by atoms with E-state index in [9.17, 15) is 4.79 Å². The molecule has 25 heavy (non-hydrogen) atoms. The van der Waals surface area contributed by atoms with E-state index in [0.717, 1.165) is 50.5 Å². The molecule has 0 aromatic carbocycles. The molecule has 140 valence electrons. The van der Waals surface area contributed by atoms with Crippen LogP contribution in [0.4, 0.5) is 0 Å². The highest BCUT2D eigenvalue weighted by Gasteiger charge is 2.51. The van der Waals surface area contributed by atoms with Gasteiger partial charge in [-0.2, -0.15) is 0 Å². The summed E-state index contributed by atoms with van der Waals surface area (Å²) in [7, 11) is 0. The molecule has 3 atom stereocenters. The van der Waals surface area contributed by atoms with Crippen LogP contribution in [0.15, 0.2) is 35.5 Å². The highest BCUT2D eigenvalue weighted by atomic mass is 16.6. The quantitative estimate of drug-likeness (QED) is 0.384. The maximum Gasteiger partial charge on any atom is 0.302 e. The van der Waals surface area contributed by atoms with Crippen LogP contribution in [0.1, 0.15) is 72.6 Å². The van der Waals surface area contributed by atoms with Crippen molar-refractivity contribution in [1.82, 2.24) is 0 Å². The predicted molar refractivity (Wildman–Crippen MR) is 102 cm³/mol. The number of ether oxygens (including phenoxy) is 2. The first-order valence-electron chi connectivity index (χ1n) is 9.60. The normalized spacial score (nSPS) is 35.2. The van der Waals surface area contributed by atoms with Gasteiger partial charge in [0.05, 0.1) is 11.7 Å². The van der Waals surface area contributed by atoms with Gasteiger partial charge in [0.25, 0.3) is 0 Å². The van der Waals surface area contributed by atoms with E-state index in [4.69, 9.17) is 9.47 Å². The number of carbonyl (C=O) groups excluding carboxylic acids is 1. The summed E-state index contributed by atoms with van der Waals surface area (Å²) in [6.07, 6.45) is 12.5. The Morgan fingerprint density at radius 1 is 1.28 bits per heavy atom. The van der Waals surface area contributed by atoms with Gasteiger partial charge in [0.2, 0.25) is 0 Å². The Hall–Kier alpha value is -1.35. The van der Waals surface area contributed by atoms with Crippen LogP contribution in [0.3, 0.4) is 0 Å². The number of rotatable bonds is 3. The van der Waals surface area contributed by atoms with Gasteiger partial charge < -0.3 is 9.47 Å². The SMILES string of the molecule is C=C(COC(C)=O)[C@@H]1CC/C(C)=C/CC/C(C)=C/CC[C@@]2(C)O[C@@H]2C1. The van der Waals surface area contributed by atoms with Crippen LogP contribution in [0, 0.1) is 5.92 Å². The third-order valence-electron chi connectivity index (χ3n) is 5.62. The van der Waals surface area contributed by atoms with E-state index in [-0.39, 0.29) is 11.6 Å². The average molecular weight is 347 g/mol. The molecule has 3 nitrogen and oxygen atoms in total. The molecular formula is C22H34O3. The van der Waals surface area contributed by atoms with Crippen LogP contribution >= 0.6 is 0 Å². The first kappa shape index (κ1) is 20.0. The number of epoxide rings is 1. The van der Waals surface area contributed by atoms with Gasteiger partial charge in [0.1, 0.15) is 6.61 Å². The highest BCUT2D eigenvalue weighted by molar-refractivity contribution is 5.66. The fraction of sp³-hybridized carbons (Fsp3) is 0.682. The number of esters is 1. The number of hydrogen-bond donors (Lipinski definition) is 0. The Morgan fingerprint density at radius 3 is 2.68 bits per heavy atom. The number of fused-ring (bicyclic) bond motifs is 1. The van der Waals surface area contributed by atoms with E-state index in [2.05, 4.69) is 39.5 Å². The molecule has 0 bridgehead atoms. The van der Waals surface area contributed by atoms with Gasteiger partial charge in [-0.05, 0) is 77.2 Å². The van der Waals surface area contributed by atoms with Crippen LogP contribution in [-0.2, 0) is 14.3 Å². The summed E-state index contributed by atoms with van der Waals surface area (Å²) < 4.78 is 11.2. The standard InChI is InChI=1S/C22H34O3/c1-16-8-6-9-17(2)11-12-20(18(3)15-24-19(4)23)14-21-22(5,25-21)13-7-10-16/h9-10,20-21H,3,6-8,11-15H2,1-2,4-5H3/b16-10+,17-9+/t20-,21-,22-/m1/s1. The molecule has 0 N–H and O–H groups in total. The molecule has 0 spiro atoms. The van der Waals surface area contributed by atoms with Crippen molar-refractivity contribution in [2.24, 2.45) is 5.92 Å². The fourth-order valence-corrected chi connectivity index (χ4v) is 3.62. The van der Waals surface area contributed by atoms with Gasteiger partial charge in [-0.1, -0.05) is 29.9 Å². The molecule has 2 rings (SSSR count). The van der Waals surface area contributed by atoms with Gasteiger partial charge >= 0.3 is 5.97 Å². The third-order valence-corrected chi connectivity index (χ3v) is 5.62. The highest BCUT2D eigenvalue weighted by Crippen LogP contribution is 2.45. The van der Waals surface area contributed by atoms with Gasteiger partial charge in [-0.25, -0.2) is 0 Å². The first-order chi connectivity index (χ1) is 11.8. The first-order valence-corrected chi connectivity index (χ1v) is 9.60. The summed E-state index contributed by atoms with van der Waals surface area (Å²) >= 11 is 0. The van der Waals surface area contributed by atoms with Crippen molar-refractivity contribution in [2.75, 3.05) is 6.61 Å². The van der Waals surface area contributed by atoms with Crippen molar-refractivity contribution < 1.29 is 14.3 Å². The largest absolute Gasteiger partial charge is 0.461 e. The lowest BCUT2D eigenvalue weighted by molar-refractivity contribution is -0.140. The molecule has 0 aromatic rings. The molecule has 1 fully saturated rings. The number of hydrogen-bond acceptors (Lipinski definition) is 3. The Kier molecular flexibility index (Phi) is 7.06. The molecule has 0 unspecified atom stereocenters. The molecule has 1 heterocycles. The molecular weight excluding hydrogens is 312 g/mol. The summed E-state index contributed by atoms with van der Waals surface area (Å²) in [5.74, 6) is 0.0996. The summed E-state index contributed by atoms with van der Waals surface area (Å²) in [5, 5.41) is 0. The Balaban J connectivity index is 2.04. The monoisotopic (exact) mass is 346 g/mol. The molecule has 1 aliphatic carbocycles. The number of carbonyl (C=O) groups is 1. The smallest absolute Gasteiger partial charge is 0.302 e. The van der Waals surface area contributed by atoms with Crippen molar-refractivity contribution in [3.8, 4) is 0 Å². The molecule has 1 aliphatic heterocycles. The maximum absolute atomic E-state index is 11.1. The summed E-state index contributed by atoms with van der Waals surface area (Å²) in [4.78, 5) is 11.1. The minimum absolute atomic E-state index is 0.00570. The molecule has 1 saturated heterocycles. The molecule has 3 heteroatoms. The predicted octanol–water partition coefficient (Wildman–Crippen LogP) is 5.52. The summed E-state index contributed by atoms with van der Waals surface area (Å²) in [5.41, 5.74) is 3.94. The second-order valence-electron chi connectivity index (χ2n) is 8.01. The lowest BCUT2D eigenvalue weighted by atomic mass is 9.85. The third kappa shape index (κ3) is 6.47. The van der Waals surface area contributed by atoms with Crippen LogP contribution in [-0.4, -0.2) is 24.3 Å². The second kappa shape index (κ2) is 8.84. The zero-order chi connectivity index (χ0) is 18.4. The van der Waals surface area contributed by atoms with Crippen molar-refractivity contribution in [3.05, 3.63) is 35.5 Å². The Morgan fingerprint density at radius 2 is 1.96 bits per heavy atom. The molecule has 0 saturated carbocycles. The zero-order valence-corrected chi connectivity index (χ0v) is 16.4. The van der Waals surface area contributed by atoms with E-state index >= 15 is 0 Å². The molecule has 0 amide bonds. The van der Waals surface area contributed by atoms with Crippen LogP contribution < -0.4 is 0 Å². The van der Waals surface area contributed by atoms with Crippen molar-refractivity contribution in [3.63, 3.8) is 0 Å². The van der Waals surface area contributed by atoms with E-state index < -0.39 is 0 Å². The van der Waals surface area contributed by atoms with E-state index in [1.54, 1.807) is 0 Å². The average Bonchev–Trinajstić information content (AvgIpc) is 3.18. The van der Waals surface area contributed by atoms with E-state index in [1.165, 1.54) is 18.1 Å². The van der Waals surface area contributed by atoms with E-state index in [1.807, 2.05) is 0 Å². The van der Waals surface area contributed by atoms with Gasteiger partial charge in [0, 0.05) is 6.92 Å². The van der Waals surface area contributed by atoms with Crippen molar-refractivity contribution >= 4 is 5.97 Å². The topological polar surface area (TPSA) is 38.8 Å². The van der Waals surface area contributed by atoms with Gasteiger partial charge in [-0.3, -0.25) is 4.79 Å². The van der Waals surface area contributed by atoms with Crippen molar-refractivity contribution in [1.29, 1.82) is 0 Å². The maximum atomic E-state index is 11.1. The second-order valence-corrected chi connectivity index (χ2v) is 8.01. The molecule has 2 aliphatic rings. The number of allylic oxidation sites excluding steroid dienone is 4. The van der Waals surface area contributed by atoms with E-state index in [0.29, 0.717) is 18.6 Å². The Bertz CT molecular complexity index is 558. The summed E-state index contributed by atoms with van der Waals surface area (Å²) in [6, 6.07) is 0. The summed E-state index contributed by atoms with van der Waals surface area (Å²) in [6.45, 7) is 12.7. The molecule has 0 radical (unpaired) electrons. The lowest BCUT2D eigenvalue weighted by Gasteiger charge is -2.20. The molecule has 0 aromatic heterocycles.